The maximum atomic E-state index is 14.0. The summed E-state index contributed by atoms with van der Waals surface area (Å²) in [6.45, 7) is 2.52. The number of nitrogens with zero attached hydrogens (tertiary/aromatic N) is 1. The van der Waals surface area contributed by atoms with Crippen LogP contribution in [0.25, 0.3) is 0 Å². The summed E-state index contributed by atoms with van der Waals surface area (Å²) in [4.78, 5) is 2.42. The highest BCUT2D eigenvalue weighted by atomic mass is 32.2. The number of benzene rings is 1. The average Bonchev–Trinajstić information content (AvgIpc) is 3.11. The molecule has 3 nitrogen and oxygen atoms in total. The number of hydrogen-bond donors (Lipinski definition) is 1. The number of rotatable bonds is 2. The van der Waals surface area contributed by atoms with Gasteiger partial charge in [-0.05, 0) is 35.8 Å². The van der Waals surface area contributed by atoms with Crippen molar-refractivity contribution < 1.29 is 13.5 Å². The Morgan fingerprint density at radius 1 is 1.17 bits per heavy atom. The van der Waals surface area contributed by atoms with Gasteiger partial charge in [0.25, 0.3) is 0 Å². The molecule has 0 bridgehead atoms. The summed E-state index contributed by atoms with van der Waals surface area (Å²) in [7, 11) is 0. The second-order valence-electron chi connectivity index (χ2n) is 6.58. The second-order valence-corrected chi connectivity index (χ2v) is 7.56. The lowest BCUT2D eigenvalue weighted by atomic mass is 9.93. The van der Waals surface area contributed by atoms with Crippen LogP contribution in [0.3, 0.4) is 0 Å². The molecular weight excluding hydrogens is 318 g/mol. The Morgan fingerprint density at radius 3 is 2.61 bits per heavy atom. The SMILES string of the molecule is NC1CC(N2CC3=C(CSC3)C2)COC1c1cc(F)ccc1F. The summed E-state index contributed by atoms with van der Waals surface area (Å²) < 4.78 is 33.2. The zero-order valence-electron chi connectivity index (χ0n) is 12.8. The van der Waals surface area contributed by atoms with E-state index in [1.807, 2.05) is 11.8 Å². The molecule has 1 aromatic rings. The molecule has 0 saturated carbocycles. The summed E-state index contributed by atoms with van der Waals surface area (Å²) in [6.07, 6.45) is 0.175. The smallest absolute Gasteiger partial charge is 0.129 e. The molecule has 23 heavy (non-hydrogen) atoms. The molecule has 3 aliphatic heterocycles. The molecule has 124 valence electrons. The Bertz CT molecular complexity index is 635. The molecule has 2 N–H and O–H groups in total. The van der Waals surface area contributed by atoms with E-state index in [4.69, 9.17) is 10.5 Å². The van der Waals surface area contributed by atoms with E-state index in [0.29, 0.717) is 6.61 Å². The van der Waals surface area contributed by atoms with Crippen LogP contribution in [0.1, 0.15) is 18.1 Å². The first kappa shape index (κ1) is 15.6. The molecule has 3 unspecified atom stereocenters. The third-order valence-corrected chi connectivity index (χ3v) is 6.13. The van der Waals surface area contributed by atoms with Crippen LogP contribution in [0.2, 0.25) is 0 Å². The molecular formula is C17H20F2N2OS. The number of nitrogens with two attached hydrogens (primary N) is 1. The summed E-state index contributed by atoms with van der Waals surface area (Å²) in [6, 6.07) is 3.39. The molecule has 0 aliphatic carbocycles. The lowest BCUT2D eigenvalue weighted by Crippen LogP contribution is -2.49. The van der Waals surface area contributed by atoms with E-state index in [1.54, 1.807) is 11.1 Å². The monoisotopic (exact) mass is 338 g/mol. The fraction of sp³-hybridized carbons (Fsp3) is 0.529. The van der Waals surface area contributed by atoms with E-state index < -0.39 is 17.7 Å². The van der Waals surface area contributed by atoms with Crippen LogP contribution in [0.5, 0.6) is 0 Å². The molecule has 0 aromatic heterocycles. The quantitative estimate of drug-likeness (QED) is 0.841. The Morgan fingerprint density at radius 2 is 1.91 bits per heavy atom. The first-order valence-electron chi connectivity index (χ1n) is 7.95. The Labute approximate surface area is 138 Å². The van der Waals surface area contributed by atoms with Crippen molar-refractivity contribution in [1.29, 1.82) is 0 Å². The maximum absolute atomic E-state index is 14.0. The van der Waals surface area contributed by atoms with Gasteiger partial charge in [-0.1, -0.05) is 0 Å². The van der Waals surface area contributed by atoms with Crippen molar-refractivity contribution in [2.24, 2.45) is 5.73 Å². The molecule has 3 aliphatic rings. The van der Waals surface area contributed by atoms with E-state index in [9.17, 15) is 8.78 Å². The lowest BCUT2D eigenvalue weighted by molar-refractivity contribution is -0.0464. The molecule has 1 fully saturated rings. The fourth-order valence-corrected chi connectivity index (χ4v) is 4.96. The van der Waals surface area contributed by atoms with Gasteiger partial charge in [0.05, 0.1) is 6.61 Å². The zero-order valence-corrected chi connectivity index (χ0v) is 13.6. The van der Waals surface area contributed by atoms with Gasteiger partial charge in [-0.3, -0.25) is 4.90 Å². The van der Waals surface area contributed by atoms with Gasteiger partial charge in [0.2, 0.25) is 0 Å². The normalized spacial score (nSPS) is 31.7. The van der Waals surface area contributed by atoms with Gasteiger partial charge in [0.1, 0.15) is 17.7 Å². The maximum Gasteiger partial charge on any atom is 0.129 e. The largest absolute Gasteiger partial charge is 0.370 e. The van der Waals surface area contributed by atoms with E-state index in [-0.39, 0.29) is 17.6 Å². The van der Waals surface area contributed by atoms with Gasteiger partial charge in [0.15, 0.2) is 0 Å². The Balaban J connectivity index is 1.43. The minimum Gasteiger partial charge on any atom is -0.370 e. The van der Waals surface area contributed by atoms with Crippen LogP contribution in [0, 0.1) is 11.6 Å². The molecule has 1 aromatic carbocycles. The van der Waals surface area contributed by atoms with Crippen molar-refractivity contribution in [2.75, 3.05) is 31.2 Å². The summed E-state index contributed by atoms with van der Waals surface area (Å²) in [5, 5.41) is 0. The molecule has 1 saturated heterocycles. The van der Waals surface area contributed by atoms with Gasteiger partial charge in [0, 0.05) is 42.2 Å². The molecule has 4 rings (SSSR count). The summed E-state index contributed by atoms with van der Waals surface area (Å²) >= 11 is 1.98. The van der Waals surface area contributed by atoms with Crippen LogP contribution >= 0.6 is 11.8 Å². The third kappa shape index (κ3) is 2.93. The Hall–Kier alpha value is -0.950. The van der Waals surface area contributed by atoms with Gasteiger partial charge in [-0.15, -0.1) is 0 Å². The highest BCUT2D eigenvalue weighted by Gasteiger charge is 2.37. The minimum atomic E-state index is -0.570. The van der Waals surface area contributed by atoms with Crippen LogP contribution in [-0.2, 0) is 4.74 Å². The lowest BCUT2D eigenvalue weighted by Gasteiger charge is -2.39. The molecule has 0 radical (unpaired) electrons. The molecule has 0 spiro atoms. The van der Waals surface area contributed by atoms with Gasteiger partial charge < -0.3 is 10.5 Å². The van der Waals surface area contributed by atoms with Gasteiger partial charge >= 0.3 is 0 Å². The van der Waals surface area contributed by atoms with E-state index >= 15 is 0 Å². The molecule has 3 atom stereocenters. The minimum absolute atomic E-state index is 0.231. The molecule has 6 heteroatoms. The van der Waals surface area contributed by atoms with E-state index in [1.165, 1.54) is 6.07 Å². The van der Waals surface area contributed by atoms with Gasteiger partial charge in [-0.25, -0.2) is 8.78 Å². The van der Waals surface area contributed by atoms with Crippen LogP contribution in [0.4, 0.5) is 8.78 Å². The predicted octanol–water partition coefficient (Wildman–Crippen LogP) is 2.48. The van der Waals surface area contributed by atoms with Gasteiger partial charge in [-0.2, -0.15) is 11.8 Å². The number of ether oxygens (including phenoxy) is 1. The van der Waals surface area contributed by atoms with Crippen molar-refractivity contribution in [3.63, 3.8) is 0 Å². The average molecular weight is 338 g/mol. The van der Waals surface area contributed by atoms with E-state index in [2.05, 4.69) is 4.90 Å². The third-order valence-electron chi connectivity index (χ3n) is 5.02. The first-order valence-corrected chi connectivity index (χ1v) is 9.11. The Kier molecular flexibility index (Phi) is 4.17. The standard InChI is InChI=1S/C17H20F2N2OS/c18-12-1-2-15(19)14(3-12)17-16(20)4-13(7-22-17)21-5-10-8-23-9-11(10)6-21/h1-3,13,16-17H,4-9,20H2. The number of thioether (sulfide) groups is 1. The highest BCUT2D eigenvalue weighted by molar-refractivity contribution is 7.99. The number of halogens is 2. The van der Waals surface area contributed by atoms with Crippen molar-refractivity contribution in [1.82, 2.24) is 4.90 Å². The van der Waals surface area contributed by atoms with Crippen LogP contribution in [0.15, 0.2) is 29.3 Å². The topological polar surface area (TPSA) is 38.5 Å². The fourth-order valence-electron chi connectivity index (χ4n) is 3.77. The van der Waals surface area contributed by atoms with Crippen LogP contribution in [-0.4, -0.2) is 48.2 Å². The second kappa shape index (κ2) is 6.16. The zero-order chi connectivity index (χ0) is 16.0. The molecule has 0 amide bonds. The number of hydrogen-bond acceptors (Lipinski definition) is 4. The van der Waals surface area contributed by atoms with Crippen molar-refractivity contribution in [3.05, 3.63) is 46.5 Å². The van der Waals surface area contributed by atoms with Crippen molar-refractivity contribution in [3.8, 4) is 0 Å². The summed E-state index contributed by atoms with van der Waals surface area (Å²) in [5.41, 5.74) is 9.59. The van der Waals surface area contributed by atoms with E-state index in [0.717, 1.165) is 43.1 Å². The molecule has 3 heterocycles. The van der Waals surface area contributed by atoms with Crippen molar-refractivity contribution in [2.45, 2.75) is 24.6 Å². The van der Waals surface area contributed by atoms with Crippen molar-refractivity contribution >= 4 is 11.8 Å². The highest BCUT2D eigenvalue weighted by Crippen LogP contribution is 2.36. The van der Waals surface area contributed by atoms with Crippen LogP contribution < -0.4 is 5.73 Å². The first-order chi connectivity index (χ1) is 11.1. The summed E-state index contributed by atoms with van der Waals surface area (Å²) in [5.74, 6) is 1.37. The predicted molar refractivity (Wildman–Crippen MR) is 87.4 cm³/mol.